The molecule has 0 radical (unpaired) electrons. The van der Waals surface area contributed by atoms with E-state index in [-0.39, 0.29) is 0 Å². The number of phenols is 1. The van der Waals surface area contributed by atoms with E-state index in [4.69, 9.17) is 0 Å². The van der Waals surface area contributed by atoms with E-state index in [0.717, 1.165) is 52.0 Å². The van der Waals surface area contributed by atoms with Crippen molar-refractivity contribution in [3.63, 3.8) is 0 Å². The topological polar surface area (TPSA) is 47.0 Å². The highest BCUT2D eigenvalue weighted by Crippen LogP contribution is 2.47. The molecule has 4 aliphatic rings. The van der Waals surface area contributed by atoms with Crippen LogP contribution in [-0.4, -0.2) is 73.0 Å². The lowest BCUT2D eigenvalue weighted by Gasteiger charge is -2.44. The molecular formula is C39H49N3O2. The first-order chi connectivity index (χ1) is 21.7. The van der Waals surface area contributed by atoms with Gasteiger partial charge in [0, 0.05) is 69.4 Å². The van der Waals surface area contributed by atoms with E-state index in [2.05, 4.69) is 75.4 Å². The van der Waals surface area contributed by atoms with Crippen LogP contribution in [0.1, 0.15) is 79.0 Å². The summed E-state index contributed by atoms with van der Waals surface area (Å²) in [6.07, 6.45) is 10.7. The van der Waals surface area contributed by atoms with Crippen molar-refractivity contribution in [3.8, 4) is 5.75 Å². The minimum atomic E-state index is 0.290. The van der Waals surface area contributed by atoms with Crippen LogP contribution in [0, 0.1) is 11.8 Å². The summed E-state index contributed by atoms with van der Waals surface area (Å²) in [6.45, 7) is 7.99. The molecule has 3 aromatic carbocycles. The first-order valence-corrected chi connectivity index (χ1v) is 17.3. The van der Waals surface area contributed by atoms with E-state index >= 15 is 0 Å². The normalized spacial score (nSPS) is 27.1. The van der Waals surface area contributed by atoms with Gasteiger partial charge in [-0.1, -0.05) is 61.4 Å². The number of aryl methyl sites for hydroxylation is 1. The van der Waals surface area contributed by atoms with Crippen molar-refractivity contribution < 1.29 is 9.90 Å². The molecule has 5 nitrogen and oxygen atoms in total. The van der Waals surface area contributed by atoms with Crippen molar-refractivity contribution in [2.45, 2.75) is 69.2 Å². The van der Waals surface area contributed by atoms with Gasteiger partial charge in [0.25, 0.3) is 0 Å². The molecule has 0 unspecified atom stereocenters. The van der Waals surface area contributed by atoms with Crippen LogP contribution in [0.5, 0.6) is 5.75 Å². The Morgan fingerprint density at radius 2 is 1.50 bits per heavy atom. The Hall–Kier alpha value is -3.15. The van der Waals surface area contributed by atoms with Crippen molar-refractivity contribution in [2.75, 3.05) is 50.7 Å². The van der Waals surface area contributed by atoms with Gasteiger partial charge in [0.2, 0.25) is 0 Å². The molecule has 0 aromatic heterocycles. The second-order valence-electron chi connectivity index (χ2n) is 13.9. The number of aldehydes is 1. The maximum atomic E-state index is 11.6. The molecule has 0 bridgehead atoms. The third kappa shape index (κ3) is 6.32. The minimum absolute atomic E-state index is 0.290. The average molecular weight is 592 g/mol. The molecular weight excluding hydrogens is 542 g/mol. The van der Waals surface area contributed by atoms with Crippen molar-refractivity contribution in [3.05, 3.63) is 95.1 Å². The van der Waals surface area contributed by atoms with E-state index < -0.39 is 0 Å². The lowest BCUT2D eigenvalue weighted by atomic mass is 9.69. The molecule has 3 aromatic rings. The number of fused-ring (bicyclic) bond motifs is 1. The summed E-state index contributed by atoms with van der Waals surface area (Å²) >= 11 is 0. The van der Waals surface area contributed by atoms with Crippen molar-refractivity contribution in [2.24, 2.45) is 11.8 Å². The van der Waals surface area contributed by atoms with E-state index in [1.54, 1.807) is 0 Å². The summed E-state index contributed by atoms with van der Waals surface area (Å²) in [5.41, 5.74) is 6.76. The van der Waals surface area contributed by atoms with Crippen LogP contribution in [0.2, 0.25) is 0 Å². The first-order valence-electron chi connectivity index (χ1n) is 17.3. The van der Waals surface area contributed by atoms with E-state index in [0.29, 0.717) is 35.5 Å². The molecule has 2 saturated heterocycles. The number of hydrogen-bond acceptors (Lipinski definition) is 5. The van der Waals surface area contributed by atoms with Crippen LogP contribution in [0.15, 0.2) is 72.8 Å². The van der Waals surface area contributed by atoms with Gasteiger partial charge in [-0.25, -0.2) is 0 Å². The lowest BCUT2D eigenvalue weighted by molar-refractivity contribution is -0.113. The molecule has 0 amide bonds. The largest absolute Gasteiger partial charge is 0.508 e. The van der Waals surface area contributed by atoms with Crippen molar-refractivity contribution >= 4 is 12.0 Å². The molecule has 2 aliphatic carbocycles. The second-order valence-corrected chi connectivity index (χ2v) is 13.9. The summed E-state index contributed by atoms with van der Waals surface area (Å²) in [5.74, 6) is 1.96. The number of carbonyl (C=O) groups is 1. The number of anilines is 1. The molecule has 2 aliphatic heterocycles. The van der Waals surface area contributed by atoms with Crippen LogP contribution in [0.25, 0.3) is 0 Å². The Balaban J connectivity index is 0.966. The second kappa shape index (κ2) is 13.5. The number of benzene rings is 3. The van der Waals surface area contributed by atoms with Gasteiger partial charge >= 0.3 is 0 Å². The Kier molecular flexibility index (Phi) is 9.04. The van der Waals surface area contributed by atoms with E-state index in [9.17, 15) is 9.90 Å². The standard InChI is InChI=1S/C39H49N3O2/c43-28-33-9-5-4-8-32(33)27-40-22-24-42(25-23-40)35-18-20-41(21-19-35)34-13-10-30(11-14-34)39-37(29-6-2-1-3-7-29)16-12-31-26-36(44)15-17-38(31)39/h1-3,6-7,10-11,13-15,17,26,28,32-33,35,37,39,44H,4-5,8-9,12,16,18-25,27H2/t32-,33-,37-,39+/m1/s1. The molecule has 1 N–H and O–H groups in total. The number of piperidine rings is 1. The average Bonchev–Trinajstić information content (AvgIpc) is 3.09. The van der Waals surface area contributed by atoms with Gasteiger partial charge in [-0.2, -0.15) is 0 Å². The van der Waals surface area contributed by atoms with E-state index in [1.807, 2.05) is 12.1 Å². The first kappa shape index (κ1) is 29.6. The summed E-state index contributed by atoms with van der Waals surface area (Å²) in [5, 5.41) is 10.2. The lowest BCUT2D eigenvalue weighted by Crippen LogP contribution is -2.54. The number of piperazine rings is 1. The quantitative estimate of drug-likeness (QED) is 0.305. The molecule has 3 fully saturated rings. The zero-order valence-electron chi connectivity index (χ0n) is 26.2. The Labute approximate surface area is 263 Å². The highest BCUT2D eigenvalue weighted by Gasteiger charge is 2.33. The van der Waals surface area contributed by atoms with Crippen LogP contribution >= 0.6 is 0 Å². The van der Waals surface area contributed by atoms with Gasteiger partial charge in [-0.05, 0) is 96.9 Å². The third-order valence-corrected chi connectivity index (χ3v) is 11.5. The molecule has 44 heavy (non-hydrogen) atoms. The highest BCUT2D eigenvalue weighted by molar-refractivity contribution is 5.54. The van der Waals surface area contributed by atoms with E-state index in [1.165, 1.54) is 79.4 Å². The molecule has 7 rings (SSSR count). The molecule has 232 valence electrons. The number of carbonyl (C=O) groups excluding carboxylic acids is 1. The fourth-order valence-corrected chi connectivity index (χ4v) is 8.94. The zero-order chi connectivity index (χ0) is 29.9. The molecule has 1 saturated carbocycles. The van der Waals surface area contributed by atoms with Crippen LogP contribution in [0.4, 0.5) is 5.69 Å². The monoisotopic (exact) mass is 591 g/mol. The third-order valence-electron chi connectivity index (χ3n) is 11.5. The predicted octanol–water partition coefficient (Wildman–Crippen LogP) is 6.85. The predicted molar refractivity (Wildman–Crippen MR) is 179 cm³/mol. The SMILES string of the molecule is O=C[C@H]1CCCC[C@@H]1CN1CCN(C2CCN(c3ccc([C@@H]4c5ccc(O)cc5CC[C@@H]4c4ccccc4)cc3)CC2)CC1. The number of rotatable bonds is 7. The minimum Gasteiger partial charge on any atom is -0.508 e. The molecule has 5 heteroatoms. The van der Waals surface area contributed by atoms with Gasteiger partial charge in [-0.15, -0.1) is 0 Å². The van der Waals surface area contributed by atoms with Crippen LogP contribution in [0.3, 0.4) is 0 Å². The summed E-state index contributed by atoms with van der Waals surface area (Å²) in [6, 6.07) is 27.1. The maximum absolute atomic E-state index is 11.6. The Morgan fingerprint density at radius 1 is 0.750 bits per heavy atom. The summed E-state index contributed by atoms with van der Waals surface area (Å²) < 4.78 is 0. The summed E-state index contributed by atoms with van der Waals surface area (Å²) in [4.78, 5) is 19.5. The van der Waals surface area contributed by atoms with Gasteiger partial charge < -0.3 is 19.7 Å². The van der Waals surface area contributed by atoms with Gasteiger partial charge in [0.15, 0.2) is 0 Å². The number of nitrogens with zero attached hydrogens (tertiary/aromatic N) is 3. The van der Waals surface area contributed by atoms with Crippen LogP contribution < -0.4 is 4.90 Å². The molecule has 4 atom stereocenters. The van der Waals surface area contributed by atoms with Crippen molar-refractivity contribution in [1.29, 1.82) is 0 Å². The van der Waals surface area contributed by atoms with Gasteiger partial charge in [-0.3, -0.25) is 4.90 Å². The molecule has 0 spiro atoms. The fraction of sp³-hybridized carbons (Fsp3) is 0.513. The maximum Gasteiger partial charge on any atom is 0.123 e. The fourth-order valence-electron chi connectivity index (χ4n) is 8.94. The molecule has 2 heterocycles. The van der Waals surface area contributed by atoms with Gasteiger partial charge in [0.1, 0.15) is 12.0 Å². The highest BCUT2D eigenvalue weighted by atomic mass is 16.3. The zero-order valence-corrected chi connectivity index (χ0v) is 26.2. The van der Waals surface area contributed by atoms with Crippen molar-refractivity contribution in [1.82, 2.24) is 9.80 Å². The number of phenolic OH excluding ortho intramolecular Hbond substituents is 1. The number of hydrogen-bond donors (Lipinski definition) is 1. The Bertz CT molecular complexity index is 1380. The summed E-state index contributed by atoms with van der Waals surface area (Å²) in [7, 11) is 0. The number of aromatic hydroxyl groups is 1. The Morgan fingerprint density at radius 3 is 2.25 bits per heavy atom. The van der Waals surface area contributed by atoms with Gasteiger partial charge in [0.05, 0.1) is 0 Å². The van der Waals surface area contributed by atoms with Crippen LogP contribution in [-0.2, 0) is 11.2 Å². The smallest absolute Gasteiger partial charge is 0.123 e.